The van der Waals surface area contributed by atoms with Crippen LogP contribution in [0, 0.1) is 5.41 Å². The third-order valence-corrected chi connectivity index (χ3v) is 5.06. The third-order valence-electron chi connectivity index (χ3n) is 5.06. The molecule has 2 aliphatic rings. The fraction of sp³-hybridized carbons (Fsp3) is 0.500. The number of allylic oxidation sites excluding steroid dienone is 1. The predicted molar refractivity (Wildman–Crippen MR) is 73.4 cm³/mol. The summed E-state index contributed by atoms with van der Waals surface area (Å²) in [5.74, 6) is 0. The molecule has 2 atom stereocenters. The van der Waals surface area contributed by atoms with Crippen molar-refractivity contribution in [2.45, 2.75) is 44.6 Å². The second-order valence-corrected chi connectivity index (χ2v) is 6.03. The van der Waals surface area contributed by atoms with Crippen molar-refractivity contribution in [3.05, 3.63) is 42.5 Å². The number of rotatable bonds is 2. The van der Waals surface area contributed by atoms with E-state index in [0.29, 0.717) is 6.04 Å². The van der Waals surface area contributed by atoms with Crippen molar-refractivity contribution < 1.29 is 0 Å². The van der Waals surface area contributed by atoms with Gasteiger partial charge in [0.25, 0.3) is 0 Å². The lowest BCUT2D eigenvalue weighted by atomic mass is 9.60. The van der Waals surface area contributed by atoms with Gasteiger partial charge < -0.3 is 5.32 Å². The highest BCUT2D eigenvalue weighted by Gasteiger charge is 2.56. The van der Waals surface area contributed by atoms with E-state index in [9.17, 15) is 0 Å². The molecule has 0 radical (unpaired) electrons. The Kier molecular flexibility index (Phi) is 2.16. The van der Waals surface area contributed by atoms with Crippen LogP contribution in [0.4, 0.5) is 5.69 Å². The van der Waals surface area contributed by atoms with E-state index < -0.39 is 0 Å². The molecule has 1 aromatic carbocycles. The van der Waals surface area contributed by atoms with Gasteiger partial charge in [-0.25, -0.2) is 0 Å². The molecule has 1 fully saturated rings. The van der Waals surface area contributed by atoms with E-state index in [0.717, 1.165) is 0 Å². The molecule has 0 spiro atoms. The van der Waals surface area contributed by atoms with Gasteiger partial charge >= 0.3 is 0 Å². The van der Waals surface area contributed by atoms with E-state index in [-0.39, 0.29) is 10.8 Å². The summed E-state index contributed by atoms with van der Waals surface area (Å²) >= 11 is 0. The molecular formula is C16H21N. The molecule has 0 bridgehead atoms. The highest BCUT2D eigenvalue weighted by atomic mass is 15.0. The molecule has 0 amide bonds. The van der Waals surface area contributed by atoms with Crippen LogP contribution in [0.1, 0.15) is 38.7 Å². The second-order valence-electron chi connectivity index (χ2n) is 6.03. The quantitative estimate of drug-likeness (QED) is 0.750. The molecule has 1 nitrogen and oxygen atoms in total. The maximum Gasteiger partial charge on any atom is 0.0382 e. The maximum atomic E-state index is 4.08. The fourth-order valence-corrected chi connectivity index (χ4v) is 4.01. The Labute approximate surface area is 104 Å². The minimum absolute atomic E-state index is 0.147. The highest BCUT2D eigenvalue weighted by molar-refractivity contribution is 5.64. The Hall–Kier alpha value is -1.24. The first-order valence-electron chi connectivity index (χ1n) is 6.61. The van der Waals surface area contributed by atoms with Crippen molar-refractivity contribution in [1.82, 2.24) is 0 Å². The molecule has 0 saturated heterocycles. The molecule has 1 saturated carbocycles. The summed E-state index contributed by atoms with van der Waals surface area (Å²) < 4.78 is 0. The second kappa shape index (κ2) is 3.38. The van der Waals surface area contributed by atoms with Crippen molar-refractivity contribution >= 4 is 5.69 Å². The van der Waals surface area contributed by atoms with Crippen LogP contribution >= 0.6 is 0 Å². The first kappa shape index (κ1) is 10.9. The Bertz CT molecular complexity index is 460. The molecule has 1 aliphatic carbocycles. The zero-order chi connectivity index (χ0) is 12.1. The molecule has 1 aromatic rings. The summed E-state index contributed by atoms with van der Waals surface area (Å²) in [5.41, 5.74) is 3.25. The van der Waals surface area contributed by atoms with Crippen LogP contribution in [0.5, 0.6) is 0 Å². The van der Waals surface area contributed by atoms with Crippen LogP contribution in [0.25, 0.3) is 0 Å². The van der Waals surface area contributed by atoms with Gasteiger partial charge in [0.2, 0.25) is 0 Å². The van der Waals surface area contributed by atoms with Crippen LogP contribution in [-0.4, -0.2) is 6.04 Å². The van der Waals surface area contributed by atoms with Crippen molar-refractivity contribution in [1.29, 1.82) is 0 Å². The van der Waals surface area contributed by atoms with Crippen molar-refractivity contribution in [3.63, 3.8) is 0 Å². The first-order chi connectivity index (χ1) is 8.12. The number of hydrogen-bond donors (Lipinski definition) is 1. The lowest BCUT2D eigenvalue weighted by molar-refractivity contribution is 0.221. The lowest BCUT2D eigenvalue weighted by Gasteiger charge is -2.43. The van der Waals surface area contributed by atoms with E-state index >= 15 is 0 Å². The number of para-hydroxylation sites is 1. The molecule has 1 heteroatoms. The van der Waals surface area contributed by atoms with Crippen molar-refractivity contribution in [3.8, 4) is 0 Å². The predicted octanol–water partition coefficient (Wildman–Crippen LogP) is 4.11. The van der Waals surface area contributed by atoms with Crippen LogP contribution in [0.15, 0.2) is 36.9 Å². The summed E-state index contributed by atoms with van der Waals surface area (Å²) in [6.45, 7) is 8.75. The minimum Gasteiger partial charge on any atom is -0.381 e. The zero-order valence-corrected chi connectivity index (χ0v) is 10.8. The number of benzene rings is 1. The molecule has 3 rings (SSSR count). The van der Waals surface area contributed by atoms with Gasteiger partial charge in [0.1, 0.15) is 0 Å². The Balaban J connectivity index is 2.22. The smallest absolute Gasteiger partial charge is 0.0382 e. The summed E-state index contributed by atoms with van der Waals surface area (Å²) in [6, 6.07) is 9.41. The first-order valence-corrected chi connectivity index (χ1v) is 6.61. The van der Waals surface area contributed by atoms with E-state index in [1.807, 2.05) is 0 Å². The van der Waals surface area contributed by atoms with Crippen LogP contribution in [0.3, 0.4) is 0 Å². The summed E-state index contributed by atoms with van der Waals surface area (Å²) in [5, 5.41) is 3.73. The van der Waals surface area contributed by atoms with Crippen molar-refractivity contribution in [2.24, 2.45) is 5.41 Å². The van der Waals surface area contributed by atoms with Crippen LogP contribution in [0.2, 0.25) is 0 Å². The van der Waals surface area contributed by atoms with Gasteiger partial charge in [-0.15, -0.1) is 6.58 Å². The van der Waals surface area contributed by atoms with E-state index in [2.05, 4.69) is 56.1 Å². The molecular weight excluding hydrogens is 206 g/mol. The molecule has 1 N–H and O–H groups in total. The average Bonchev–Trinajstić information content (AvgIpc) is 2.85. The van der Waals surface area contributed by atoms with Gasteiger partial charge in [-0.1, -0.05) is 44.5 Å². The Morgan fingerprint density at radius 2 is 2.18 bits per heavy atom. The zero-order valence-electron chi connectivity index (χ0n) is 10.8. The number of anilines is 1. The van der Waals surface area contributed by atoms with Crippen LogP contribution < -0.4 is 5.32 Å². The molecule has 0 aromatic heterocycles. The number of fused-ring (bicyclic) bond motifs is 3. The SMILES string of the molecule is C=CC(C)(C)[C@@]12CCC[C@@H]1Nc1ccccc12. The highest BCUT2D eigenvalue weighted by Crippen LogP contribution is 2.59. The average molecular weight is 227 g/mol. The molecule has 90 valence electrons. The number of nitrogens with one attached hydrogen (secondary N) is 1. The molecule has 1 aliphatic heterocycles. The summed E-state index contributed by atoms with van der Waals surface area (Å²) in [4.78, 5) is 0. The molecule has 0 unspecified atom stereocenters. The van der Waals surface area contributed by atoms with E-state index in [1.165, 1.54) is 30.5 Å². The van der Waals surface area contributed by atoms with E-state index in [4.69, 9.17) is 0 Å². The largest absolute Gasteiger partial charge is 0.381 e. The minimum atomic E-state index is 0.147. The lowest BCUT2D eigenvalue weighted by Crippen LogP contribution is -2.45. The topological polar surface area (TPSA) is 12.0 Å². The third kappa shape index (κ3) is 1.20. The monoisotopic (exact) mass is 227 g/mol. The van der Waals surface area contributed by atoms with Gasteiger partial charge in [0.05, 0.1) is 0 Å². The maximum absolute atomic E-state index is 4.08. The number of hydrogen-bond acceptors (Lipinski definition) is 1. The fourth-order valence-electron chi connectivity index (χ4n) is 4.01. The van der Waals surface area contributed by atoms with Gasteiger partial charge in [0.15, 0.2) is 0 Å². The van der Waals surface area contributed by atoms with Gasteiger partial charge in [-0.3, -0.25) is 0 Å². The Morgan fingerprint density at radius 1 is 1.41 bits per heavy atom. The van der Waals surface area contributed by atoms with Gasteiger partial charge in [0, 0.05) is 17.1 Å². The Morgan fingerprint density at radius 3 is 2.94 bits per heavy atom. The van der Waals surface area contributed by atoms with Crippen LogP contribution in [-0.2, 0) is 5.41 Å². The van der Waals surface area contributed by atoms with Gasteiger partial charge in [-0.05, 0) is 29.9 Å². The summed E-state index contributed by atoms with van der Waals surface area (Å²) in [7, 11) is 0. The standard InChI is InChI=1S/C16H21N/c1-4-15(2,3)16-11-7-10-14(16)17-13-9-6-5-8-12(13)16/h4-6,8-9,14,17H,1,7,10-11H2,2-3H3/t14-,16+/m0/s1. The molecule has 1 heterocycles. The van der Waals surface area contributed by atoms with Gasteiger partial charge in [-0.2, -0.15) is 0 Å². The van der Waals surface area contributed by atoms with Crippen molar-refractivity contribution in [2.75, 3.05) is 5.32 Å². The normalized spacial score (nSPS) is 30.6. The van der Waals surface area contributed by atoms with E-state index in [1.54, 1.807) is 0 Å². The molecule has 17 heavy (non-hydrogen) atoms. The summed E-state index contributed by atoms with van der Waals surface area (Å²) in [6.07, 6.45) is 6.03.